The number of aromatic hydroxyl groups is 1. The minimum atomic E-state index is -0.961. The standard InChI is InChI=1S/C26H27N3O3/c1-19-17-25(31)29(23-11-7-8-12-24(23)32-3)26(2,27-18-20-9-5-4-6-10-20)28(19)21-13-15-22(30)16-14-21/h4-17,27,30H,18H2,1-3H3. The van der Waals surface area contributed by atoms with Gasteiger partial charge in [0, 0.05) is 24.0 Å². The summed E-state index contributed by atoms with van der Waals surface area (Å²) in [7, 11) is 1.60. The number of para-hydroxylation sites is 2. The molecule has 0 aromatic heterocycles. The summed E-state index contributed by atoms with van der Waals surface area (Å²) in [5.74, 6) is -0.321. The molecule has 0 spiro atoms. The molecule has 0 fully saturated rings. The number of phenolic OH excluding ortho intramolecular Hbond substituents is 1. The zero-order valence-electron chi connectivity index (χ0n) is 18.4. The van der Waals surface area contributed by atoms with Gasteiger partial charge in [0.25, 0.3) is 5.91 Å². The fourth-order valence-electron chi connectivity index (χ4n) is 4.21. The lowest BCUT2D eigenvalue weighted by Gasteiger charge is -2.52. The Bertz CT molecular complexity index is 1130. The summed E-state index contributed by atoms with van der Waals surface area (Å²) in [6.45, 7) is 4.43. The molecule has 4 rings (SSSR count). The quantitative estimate of drug-likeness (QED) is 0.599. The van der Waals surface area contributed by atoms with Crippen molar-refractivity contribution in [2.75, 3.05) is 16.9 Å². The summed E-state index contributed by atoms with van der Waals surface area (Å²) in [5, 5.41) is 13.4. The van der Waals surface area contributed by atoms with Crippen LogP contribution in [-0.4, -0.2) is 23.9 Å². The number of methoxy groups -OCH3 is 1. The predicted octanol–water partition coefficient (Wildman–Crippen LogP) is 4.62. The van der Waals surface area contributed by atoms with Crippen molar-refractivity contribution in [2.24, 2.45) is 0 Å². The van der Waals surface area contributed by atoms with Gasteiger partial charge in [-0.3, -0.25) is 15.0 Å². The molecule has 6 nitrogen and oxygen atoms in total. The zero-order valence-corrected chi connectivity index (χ0v) is 18.4. The second kappa shape index (κ2) is 8.77. The summed E-state index contributed by atoms with van der Waals surface area (Å²) in [4.78, 5) is 17.2. The van der Waals surface area contributed by atoms with Gasteiger partial charge in [0.15, 0.2) is 5.79 Å². The average molecular weight is 430 g/mol. The van der Waals surface area contributed by atoms with E-state index in [1.54, 1.807) is 30.2 Å². The molecule has 1 heterocycles. The van der Waals surface area contributed by atoms with Crippen molar-refractivity contribution in [3.05, 3.63) is 96.2 Å². The maximum Gasteiger partial charge on any atom is 0.255 e. The number of rotatable bonds is 6. The fraction of sp³-hybridized carbons (Fsp3) is 0.192. The van der Waals surface area contributed by atoms with Gasteiger partial charge >= 0.3 is 0 Å². The van der Waals surface area contributed by atoms with Crippen molar-refractivity contribution < 1.29 is 14.6 Å². The Balaban J connectivity index is 1.86. The second-order valence-corrected chi connectivity index (χ2v) is 7.84. The Morgan fingerprint density at radius 3 is 2.28 bits per heavy atom. The summed E-state index contributed by atoms with van der Waals surface area (Å²) < 4.78 is 5.59. The minimum absolute atomic E-state index is 0.148. The number of allylic oxidation sites excluding steroid dienone is 1. The first-order valence-corrected chi connectivity index (χ1v) is 10.5. The Morgan fingerprint density at radius 1 is 0.938 bits per heavy atom. The number of hydrogen-bond acceptors (Lipinski definition) is 5. The zero-order chi connectivity index (χ0) is 22.7. The first-order valence-electron chi connectivity index (χ1n) is 10.5. The van der Waals surface area contributed by atoms with Gasteiger partial charge in [0.1, 0.15) is 11.5 Å². The Hall–Kier alpha value is -3.77. The van der Waals surface area contributed by atoms with Crippen LogP contribution in [0.3, 0.4) is 0 Å². The third kappa shape index (κ3) is 3.92. The van der Waals surface area contributed by atoms with Crippen molar-refractivity contribution in [2.45, 2.75) is 26.2 Å². The van der Waals surface area contributed by atoms with Crippen LogP contribution >= 0.6 is 0 Å². The van der Waals surface area contributed by atoms with Crippen molar-refractivity contribution in [1.82, 2.24) is 5.32 Å². The lowest BCUT2D eigenvalue weighted by molar-refractivity contribution is -0.116. The highest BCUT2D eigenvalue weighted by Gasteiger charge is 2.46. The van der Waals surface area contributed by atoms with Gasteiger partial charge in [0.05, 0.1) is 12.8 Å². The molecular formula is C26H27N3O3. The molecule has 1 aliphatic rings. The van der Waals surface area contributed by atoms with Gasteiger partial charge in [-0.1, -0.05) is 42.5 Å². The highest BCUT2D eigenvalue weighted by Crippen LogP contribution is 2.40. The van der Waals surface area contributed by atoms with Gasteiger partial charge < -0.3 is 14.7 Å². The third-order valence-electron chi connectivity index (χ3n) is 5.68. The SMILES string of the molecule is COc1ccccc1N1C(=O)C=C(C)N(c2ccc(O)cc2)C1(C)NCc1ccccc1. The monoisotopic (exact) mass is 429 g/mol. The topological polar surface area (TPSA) is 65.0 Å². The number of hydrogen-bond donors (Lipinski definition) is 2. The minimum Gasteiger partial charge on any atom is -0.508 e. The molecule has 3 aromatic carbocycles. The number of anilines is 2. The molecule has 6 heteroatoms. The van der Waals surface area contributed by atoms with E-state index >= 15 is 0 Å². The molecule has 0 bridgehead atoms. The molecule has 0 aliphatic carbocycles. The lowest BCUT2D eigenvalue weighted by atomic mass is 10.1. The predicted molar refractivity (Wildman–Crippen MR) is 127 cm³/mol. The molecular weight excluding hydrogens is 402 g/mol. The number of carbonyl (C=O) groups is 1. The van der Waals surface area contributed by atoms with Gasteiger partial charge in [0.2, 0.25) is 0 Å². The summed E-state index contributed by atoms with van der Waals surface area (Å²) in [5.41, 5.74) is 3.39. The van der Waals surface area contributed by atoms with Gasteiger partial charge in [-0.25, -0.2) is 0 Å². The van der Waals surface area contributed by atoms with Gasteiger partial charge in [-0.05, 0) is 55.8 Å². The van der Waals surface area contributed by atoms with E-state index in [4.69, 9.17) is 4.74 Å². The summed E-state index contributed by atoms with van der Waals surface area (Å²) in [6.07, 6.45) is 1.62. The second-order valence-electron chi connectivity index (χ2n) is 7.84. The van der Waals surface area contributed by atoms with Crippen molar-refractivity contribution in [3.8, 4) is 11.5 Å². The highest BCUT2D eigenvalue weighted by molar-refractivity contribution is 6.06. The number of carbonyl (C=O) groups excluding carboxylic acids is 1. The van der Waals surface area contributed by atoms with E-state index in [-0.39, 0.29) is 11.7 Å². The van der Waals surface area contributed by atoms with Gasteiger partial charge in [-0.15, -0.1) is 0 Å². The van der Waals surface area contributed by atoms with E-state index in [9.17, 15) is 9.90 Å². The van der Waals surface area contributed by atoms with Crippen LogP contribution < -0.4 is 19.9 Å². The first kappa shape index (κ1) is 21.5. The number of benzene rings is 3. The van der Waals surface area contributed by atoms with Crippen molar-refractivity contribution in [3.63, 3.8) is 0 Å². The van der Waals surface area contributed by atoms with E-state index in [1.165, 1.54) is 0 Å². The van der Waals surface area contributed by atoms with E-state index in [1.807, 2.05) is 80.6 Å². The smallest absolute Gasteiger partial charge is 0.255 e. The average Bonchev–Trinajstić information content (AvgIpc) is 2.80. The first-order chi connectivity index (χ1) is 15.4. The molecule has 1 amide bonds. The van der Waals surface area contributed by atoms with E-state index in [0.717, 1.165) is 16.9 Å². The van der Waals surface area contributed by atoms with Crippen molar-refractivity contribution >= 4 is 17.3 Å². The van der Waals surface area contributed by atoms with Crippen LogP contribution in [0.1, 0.15) is 19.4 Å². The van der Waals surface area contributed by atoms with E-state index < -0.39 is 5.79 Å². The normalized spacial score (nSPS) is 18.5. The largest absolute Gasteiger partial charge is 0.508 e. The number of nitrogens with zero attached hydrogens (tertiary/aromatic N) is 2. The van der Waals surface area contributed by atoms with Crippen LogP contribution in [0.25, 0.3) is 0 Å². The molecule has 0 radical (unpaired) electrons. The Labute approximate surface area is 188 Å². The molecule has 1 unspecified atom stereocenters. The molecule has 3 aromatic rings. The highest BCUT2D eigenvalue weighted by atomic mass is 16.5. The fourth-order valence-corrected chi connectivity index (χ4v) is 4.21. The van der Waals surface area contributed by atoms with Gasteiger partial charge in [-0.2, -0.15) is 0 Å². The molecule has 0 saturated heterocycles. The molecule has 32 heavy (non-hydrogen) atoms. The van der Waals surface area contributed by atoms with Crippen LogP contribution in [0.2, 0.25) is 0 Å². The lowest BCUT2D eigenvalue weighted by Crippen LogP contribution is -2.70. The number of phenols is 1. The maximum atomic E-state index is 13.4. The summed E-state index contributed by atoms with van der Waals surface area (Å²) in [6, 6.07) is 24.5. The number of amides is 1. The maximum absolute atomic E-state index is 13.4. The van der Waals surface area contributed by atoms with Crippen LogP contribution in [0.15, 0.2) is 90.6 Å². The Kier molecular flexibility index (Phi) is 5.88. The van der Waals surface area contributed by atoms with Crippen LogP contribution in [-0.2, 0) is 11.3 Å². The third-order valence-corrected chi connectivity index (χ3v) is 5.68. The van der Waals surface area contributed by atoms with Crippen molar-refractivity contribution in [1.29, 1.82) is 0 Å². The number of nitrogens with one attached hydrogen (secondary N) is 1. The molecule has 164 valence electrons. The van der Waals surface area contributed by atoms with Crippen LogP contribution in [0.5, 0.6) is 11.5 Å². The molecule has 2 N–H and O–H groups in total. The van der Waals surface area contributed by atoms with E-state index in [2.05, 4.69) is 10.2 Å². The molecule has 1 aliphatic heterocycles. The van der Waals surface area contributed by atoms with E-state index in [0.29, 0.717) is 18.0 Å². The Morgan fingerprint density at radius 2 is 1.59 bits per heavy atom. The summed E-state index contributed by atoms with van der Waals surface area (Å²) >= 11 is 0. The van der Waals surface area contributed by atoms with Crippen LogP contribution in [0.4, 0.5) is 11.4 Å². The number of ether oxygens (including phenoxy) is 1. The molecule has 1 atom stereocenters. The van der Waals surface area contributed by atoms with Crippen LogP contribution in [0, 0.1) is 0 Å². The molecule has 0 saturated carbocycles.